The molecule has 1 amide bonds. The average Bonchev–Trinajstić information content (AvgIpc) is 3.63. The molecule has 0 radical (unpaired) electrons. The highest BCUT2D eigenvalue weighted by Crippen LogP contribution is 2.25. The quantitative estimate of drug-likeness (QED) is 0.294. The Hall–Kier alpha value is -4.79. The van der Waals surface area contributed by atoms with Crippen LogP contribution in [0.5, 0.6) is 0 Å². The number of benzene rings is 2. The second-order valence-corrected chi connectivity index (χ2v) is 9.66. The normalized spacial score (nSPS) is 13.1. The molecule has 1 aliphatic heterocycles. The molecule has 1 fully saturated rings. The maximum atomic E-state index is 13.1. The Balaban J connectivity index is 1.13. The summed E-state index contributed by atoms with van der Waals surface area (Å²) >= 11 is 0. The van der Waals surface area contributed by atoms with Crippen LogP contribution in [0.25, 0.3) is 16.8 Å². The maximum absolute atomic E-state index is 13.1. The SMILES string of the molecule is Cc1nc(N2CCCC2)ccc1Nc1nc2ccc(-c3ccc(C(=O)NCc4ccc(F)cc4)cc3)cn2n1. The fraction of sp³-hybridized carbons (Fsp3) is 0.200. The first-order chi connectivity index (χ1) is 19.0. The zero-order valence-electron chi connectivity index (χ0n) is 21.6. The standard InChI is InChI=1S/C30H28FN7O/c1-20-26(13-15-27(33-20)37-16-2-3-17-37)34-30-35-28-14-10-24(19-38(28)36-30)22-6-8-23(9-7-22)29(39)32-18-21-4-11-25(31)12-5-21/h4-15,19H,2-3,16-18H2,1H3,(H,32,39)(H,34,36). The Labute approximate surface area is 225 Å². The van der Waals surface area contributed by atoms with Crippen molar-refractivity contribution in [1.29, 1.82) is 0 Å². The van der Waals surface area contributed by atoms with E-state index in [4.69, 9.17) is 4.98 Å². The van der Waals surface area contributed by atoms with Crippen LogP contribution in [0.4, 0.5) is 21.8 Å². The van der Waals surface area contributed by atoms with Crippen molar-refractivity contribution in [1.82, 2.24) is 24.9 Å². The van der Waals surface area contributed by atoms with Crippen molar-refractivity contribution in [3.05, 3.63) is 102 Å². The lowest BCUT2D eigenvalue weighted by atomic mass is 10.1. The van der Waals surface area contributed by atoms with E-state index in [-0.39, 0.29) is 11.7 Å². The van der Waals surface area contributed by atoms with Gasteiger partial charge >= 0.3 is 0 Å². The predicted molar refractivity (Wildman–Crippen MR) is 150 cm³/mol. The van der Waals surface area contributed by atoms with Gasteiger partial charge in [-0.1, -0.05) is 24.3 Å². The third kappa shape index (κ3) is 5.43. The summed E-state index contributed by atoms with van der Waals surface area (Å²) in [6.07, 6.45) is 4.34. The molecule has 3 aromatic heterocycles. The van der Waals surface area contributed by atoms with Crippen LogP contribution < -0.4 is 15.5 Å². The highest BCUT2D eigenvalue weighted by atomic mass is 19.1. The summed E-state index contributed by atoms with van der Waals surface area (Å²) in [5.74, 6) is 1.03. The van der Waals surface area contributed by atoms with Crippen molar-refractivity contribution in [2.75, 3.05) is 23.3 Å². The van der Waals surface area contributed by atoms with Crippen molar-refractivity contribution >= 4 is 29.0 Å². The van der Waals surface area contributed by atoms with Crippen LogP contribution in [-0.4, -0.2) is 38.6 Å². The molecule has 8 nitrogen and oxygen atoms in total. The van der Waals surface area contributed by atoms with Gasteiger partial charge in [-0.3, -0.25) is 4.79 Å². The number of carbonyl (C=O) groups excluding carboxylic acids is 1. The Bertz CT molecular complexity index is 1620. The third-order valence-electron chi connectivity index (χ3n) is 6.93. The van der Waals surface area contributed by atoms with Gasteiger partial charge in [0.15, 0.2) is 5.65 Å². The molecule has 1 aliphatic rings. The van der Waals surface area contributed by atoms with Gasteiger partial charge in [0.2, 0.25) is 5.95 Å². The van der Waals surface area contributed by atoms with E-state index in [0.29, 0.717) is 18.1 Å². The maximum Gasteiger partial charge on any atom is 0.251 e. The van der Waals surface area contributed by atoms with Gasteiger partial charge in [-0.05, 0) is 79.4 Å². The van der Waals surface area contributed by atoms with E-state index in [1.165, 1.54) is 25.0 Å². The first kappa shape index (κ1) is 24.5. The van der Waals surface area contributed by atoms with Crippen LogP contribution in [-0.2, 0) is 6.54 Å². The van der Waals surface area contributed by atoms with E-state index in [2.05, 4.69) is 25.6 Å². The van der Waals surface area contributed by atoms with Gasteiger partial charge in [-0.2, -0.15) is 4.98 Å². The van der Waals surface area contributed by atoms with E-state index >= 15 is 0 Å². The van der Waals surface area contributed by atoms with Crippen molar-refractivity contribution in [3.8, 4) is 11.1 Å². The predicted octanol–water partition coefficient (Wildman–Crippen LogP) is 5.51. The van der Waals surface area contributed by atoms with Crippen LogP contribution in [0.3, 0.4) is 0 Å². The van der Waals surface area contributed by atoms with Gasteiger partial charge in [0.1, 0.15) is 11.6 Å². The molecule has 0 atom stereocenters. The Morgan fingerprint density at radius 1 is 0.897 bits per heavy atom. The van der Waals surface area contributed by atoms with Crippen LogP contribution in [0.1, 0.15) is 34.5 Å². The summed E-state index contributed by atoms with van der Waals surface area (Å²) < 4.78 is 14.8. The van der Waals surface area contributed by atoms with E-state index in [1.54, 1.807) is 28.8 Å². The van der Waals surface area contributed by atoms with Crippen molar-refractivity contribution < 1.29 is 9.18 Å². The average molecular weight is 522 g/mol. The largest absolute Gasteiger partial charge is 0.357 e. The first-order valence-corrected chi connectivity index (χ1v) is 13.0. The number of nitrogens with one attached hydrogen (secondary N) is 2. The minimum atomic E-state index is -0.299. The number of anilines is 3. The minimum absolute atomic E-state index is 0.188. The minimum Gasteiger partial charge on any atom is -0.357 e. The first-order valence-electron chi connectivity index (χ1n) is 13.0. The number of pyridine rings is 2. The number of halogens is 1. The van der Waals surface area contributed by atoms with E-state index < -0.39 is 0 Å². The highest BCUT2D eigenvalue weighted by Gasteiger charge is 2.15. The van der Waals surface area contributed by atoms with Crippen LogP contribution in [0.2, 0.25) is 0 Å². The number of hydrogen-bond donors (Lipinski definition) is 2. The number of nitrogens with zero attached hydrogens (tertiary/aromatic N) is 5. The smallest absolute Gasteiger partial charge is 0.251 e. The molecule has 2 N–H and O–H groups in total. The summed E-state index contributed by atoms with van der Waals surface area (Å²) in [4.78, 5) is 24.2. The summed E-state index contributed by atoms with van der Waals surface area (Å²) in [7, 11) is 0. The molecule has 39 heavy (non-hydrogen) atoms. The van der Waals surface area contributed by atoms with Gasteiger partial charge in [0, 0.05) is 37.0 Å². The molecule has 5 aromatic rings. The van der Waals surface area contributed by atoms with E-state index in [0.717, 1.165) is 52.6 Å². The molecule has 0 bridgehead atoms. The number of rotatable bonds is 7. The van der Waals surface area contributed by atoms with Crippen molar-refractivity contribution in [2.24, 2.45) is 0 Å². The highest BCUT2D eigenvalue weighted by molar-refractivity contribution is 5.94. The summed E-state index contributed by atoms with van der Waals surface area (Å²) in [6, 6.07) is 21.4. The fourth-order valence-electron chi connectivity index (χ4n) is 4.73. The van der Waals surface area contributed by atoms with Crippen LogP contribution in [0, 0.1) is 12.7 Å². The zero-order chi connectivity index (χ0) is 26.8. The molecule has 196 valence electrons. The molecule has 2 aromatic carbocycles. The monoisotopic (exact) mass is 521 g/mol. The zero-order valence-corrected chi connectivity index (χ0v) is 21.6. The number of aryl methyl sites for hydroxylation is 1. The molecule has 0 aliphatic carbocycles. The second-order valence-electron chi connectivity index (χ2n) is 9.66. The number of fused-ring (bicyclic) bond motifs is 1. The van der Waals surface area contributed by atoms with Gasteiger partial charge < -0.3 is 15.5 Å². The van der Waals surface area contributed by atoms with Gasteiger partial charge in [-0.15, -0.1) is 5.10 Å². The Morgan fingerprint density at radius 3 is 2.38 bits per heavy atom. The van der Waals surface area contributed by atoms with Crippen molar-refractivity contribution in [3.63, 3.8) is 0 Å². The number of amides is 1. The lowest BCUT2D eigenvalue weighted by Crippen LogP contribution is -2.22. The van der Waals surface area contributed by atoms with Crippen molar-refractivity contribution in [2.45, 2.75) is 26.3 Å². The van der Waals surface area contributed by atoms with Gasteiger partial charge in [-0.25, -0.2) is 13.9 Å². The van der Waals surface area contributed by atoms with Crippen LogP contribution in [0.15, 0.2) is 79.0 Å². The molecule has 4 heterocycles. The van der Waals surface area contributed by atoms with E-state index in [9.17, 15) is 9.18 Å². The molecular formula is C30H28FN7O. The molecule has 1 saturated heterocycles. The topological polar surface area (TPSA) is 87.5 Å². The number of aromatic nitrogens is 4. The number of carbonyl (C=O) groups is 1. The summed E-state index contributed by atoms with van der Waals surface area (Å²) in [5.41, 5.74) is 5.79. The molecule has 6 rings (SSSR count). The Kier molecular flexibility index (Phi) is 6.62. The van der Waals surface area contributed by atoms with E-state index in [1.807, 2.05) is 49.5 Å². The molecule has 0 spiro atoms. The number of hydrogen-bond acceptors (Lipinski definition) is 6. The molecule has 0 unspecified atom stereocenters. The fourth-order valence-corrected chi connectivity index (χ4v) is 4.73. The summed E-state index contributed by atoms with van der Waals surface area (Å²) in [6.45, 7) is 4.44. The third-order valence-corrected chi connectivity index (χ3v) is 6.93. The summed E-state index contributed by atoms with van der Waals surface area (Å²) in [5, 5.41) is 10.8. The van der Waals surface area contributed by atoms with Crippen LogP contribution >= 0.6 is 0 Å². The molecule has 9 heteroatoms. The Morgan fingerprint density at radius 2 is 1.64 bits per heavy atom. The van der Waals surface area contributed by atoms with Gasteiger partial charge in [0.25, 0.3) is 5.91 Å². The molecular weight excluding hydrogens is 493 g/mol. The second kappa shape index (κ2) is 10.5. The lowest BCUT2D eigenvalue weighted by Gasteiger charge is -2.17. The lowest BCUT2D eigenvalue weighted by molar-refractivity contribution is 0.0951. The van der Waals surface area contributed by atoms with Gasteiger partial charge in [0.05, 0.1) is 11.4 Å². The molecule has 0 saturated carbocycles.